The molecule has 4 nitrogen and oxygen atoms in total. The molecule has 0 saturated carbocycles. The number of benzene rings is 1. The molecule has 0 bridgehead atoms. The summed E-state index contributed by atoms with van der Waals surface area (Å²) in [5, 5.41) is 2.93. The molecule has 21 heavy (non-hydrogen) atoms. The zero-order chi connectivity index (χ0) is 15.5. The average Bonchev–Trinajstić information content (AvgIpc) is 2.48. The SMILES string of the molecule is CCCCCCCC(=O)Nc1ccc(OCC)c(CN)c1. The highest BCUT2D eigenvalue weighted by molar-refractivity contribution is 5.90. The number of anilines is 1. The zero-order valence-corrected chi connectivity index (χ0v) is 13.3. The molecule has 3 N–H and O–H groups in total. The van der Waals surface area contributed by atoms with Crippen LogP contribution in [0.1, 0.15) is 57.9 Å². The molecular weight excluding hydrogens is 264 g/mol. The molecule has 4 heteroatoms. The van der Waals surface area contributed by atoms with Gasteiger partial charge in [-0.3, -0.25) is 4.79 Å². The highest BCUT2D eigenvalue weighted by Gasteiger charge is 2.06. The zero-order valence-electron chi connectivity index (χ0n) is 13.3. The number of rotatable bonds is 10. The van der Waals surface area contributed by atoms with E-state index in [2.05, 4.69) is 12.2 Å². The Morgan fingerprint density at radius 1 is 1.19 bits per heavy atom. The standard InChI is InChI=1S/C17H28N2O2/c1-3-5-6-7-8-9-17(20)19-15-10-11-16(21-4-2)14(12-15)13-18/h10-12H,3-9,13,18H2,1-2H3,(H,19,20). The molecule has 0 spiro atoms. The van der Waals surface area contributed by atoms with Crippen molar-refractivity contribution in [2.45, 2.75) is 58.9 Å². The van der Waals surface area contributed by atoms with E-state index in [-0.39, 0.29) is 5.91 Å². The number of carbonyl (C=O) groups excluding carboxylic acids is 1. The second-order valence-corrected chi connectivity index (χ2v) is 5.17. The second-order valence-electron chi connectivity index (χ2n) is 5.17. The van der Waals surface area contributed by atoms with Crippen LogP contribution >= 0.6 is 0 Å². The third-order valence-corrected chi connectivity index (χ3v) is 3.37. The summed E-state index contributed by atoms with van der Waals surface area (Å²) in [5.41, 5.74) is 7.42. The van der Waals surface area contributed by atoms with E-state index in [1.165, 1.54) is 19.3 Å². The predicted molar refractivity (Wildman–Crippen MR) is 87.5 cm³/mol. The molecule has 1 amide bonds. The van der Waals surface area contributed by atoms with E-state index in [1.807, 2.05) is 25.1 Å². The van der Waals surface area contributed by atoms with Gasteiger partial charge in [0, 0.05) is 24.2 Å². The maximum atomic E-state index is 11.9. The Morgan fingerprint density at radius 2 is 1.95 bits per heavy atom. The Morgan fingerprint density at radius 3 is 2.62 bits per heavy atom. The van der Waals surface area contributed by atoms with E-state index in [1.54, 1.807) is 0 Å². The van der Waals surface area contributed by atoms with Crippen LogP contribution in [-0.2, 0) is 11.3 Å². The summed E-state index contributed by atoms with van der Waals surface area (Å²) >= 11 is 0. The molecule has 0 unspecified atom stereocenters. The van der Waals surface area contributed by atoms with Crippen molar-refractivity contribution in [3.8, 4) is 5.75 Å². The van der Waals surface area contributed by atoms with Crippen LogP contribution < -0.4 is 15.8 Å². The van der Waals surface area contributed by atoms with Crippen LogP contribution in [0.15, 0.2) is 18.2 Å². The van der Waals surface area contributed by atoms with Crippen LogP contribution in [0.5, 0.6) is 5.75 Å². The largest absolute Gasteiger partial charge is 0.494 e. The number of carbonyl (C=O) groups is 1. The van der Waals surface area contributed by atoms with Crippen molar-refractivity contribution >= 4 is 11.6 Å². The van der Waals surface area contributed by atoms with Gasteiger partial charge < -0.3 is 15.8 Å². The molecule has 0 heterocycles. The van der Waals surface area contributed by atoms with E-state index in [0.29, 0.717) is 19.6 Å². The Labute approximate surface area is 128 Å². The summed E-state index contributed by atoms with van der Waals surface area (Å²) in [5.74, 6) is 0.858. The van der Waals surface area contributed by atoms with Crippen molar-refractivity contribution in [2.75, 3.05) is 11.9 Å². The molecular formula is C17H28N2O2. The first kappa shape index (κ1) is 17.5. The smallest absolute Gasteiger partial charge is 0.224 e. The van der Waals surface area contributed by atoms with E-state index in [9.17, 15) is 4.79 Å². The number of unbranched alkanes of at least 4 members (excludes halogenated alkanes) is 4. The number of amides is 1. The van der Waals surface area contributed by atoms with Gasteiger partial charge in [0.25, 0.3) is 0 Å². The van der Waals surface area contributed by atoms with E-state index in [0.717, 1.165) is 29.8 Å². The highest BCUT2D eigenvalue weighted by Crippen LogP contribution is 2.22. The minimum atomic E-state index is 0.0682. The molecule has 0 aromatic heterocycles. The minimum Gasteiger partial charge on any atom is -0.494 e. The van der Waals surface area contributed by atoms with Gasteiger partial charge in [-0.1, -0.05) is 32.6 Å². The maximum absolute atomic E-state index is 11.9. The summed E-state index contributed by atoms with van der Waals surface area (Å²) in [6, 6.07) is 5.61. The van der Waals surface area contributed by atoms with Crippen LogP contribution in [0.3, 0.4) is 0 Å². The fourth-order valence-corrected chi connectivity index (χ4v) is 2.23. The number of nitrogens with one attached hydrogen (secondary N) is 1. The van der Waals surface area contributed by atoms with Crippen molar-refractivity contribution < 1.29 is 9.53 Å². The fraction of sp³-hybridized carbons (Fsp3) is 0.588. The molecule has 0 aliphatic rings. The van der Waals surface area contributed by atoms with Crippen LogP contribution in [0, 0.1) is 0 Å². The first-order chi connectivity index (χ1) is 10.2. The van der Waals surface area contributed by atoms with Crippen molar-refractivity contribution in [3.63, 3.8) is 0 Å². The Kier molecular flexibility index (Phi) is 8.51. The minimum absolute atomic E-state index is 0.0682. The van der Waals surface area contributed by atoms with Crippen LogP contribution in [0.25, 0.3) is 0 Å². The topological polar surface area (TPSA) is 64.3 Å². The number of ether oxygens (including phenoxy) is 1. The molecule has 0 saturated heterocycles. The first-order valence-corrected chi connectivity index (χ1v) is 7.96. The molecule has 1 aromatic carbocycles. The molecule has 0 aliphatic heterocycles. The monoisotopic (exact) mass is 292 g/mol. The van der Waals surface area contributed by atoms with Crippen molar-refractivity contribution in [2.24, 2.45) is 5.73 Å². The summed E-state index contributed by atoms with van der Waals surface area (Å²) in [7, 11) is 0. The molecule has 0 aliphatic carbocycles. The van der Waals surface area contributed by atoms with Crippen molar-refractivity contribution in [3.05, 3.63) is 23.8 Å². The van der Waals surface area contributed by atoms with Gasteiger partial charge in [0.05, 0.1) is 6.61 Å². The molecule has 1 aromatic rings. The van der Waals surface area contributed by atoms with E-state index < -0.39 is 0 Å². The van der Waals surface area contributed by atoms with Crippen LogP contribution in [-0.4, -0.2) is 12.5 Å². The lowest BCUT2D eigenvalue weighted by molar-refractivity contribution is -0.116. The lowest BCUT2D eigenvalue weighted by atomic mass is 10.1. The van der Waals surface area contributed by atoms with Gasteiger partial charge in [-0.15, -0.1) is 0 Å². The number of hydrogen-bond acceptors (Lipinski definition) is 3. The maximum Gasteiger partial charge on any atom is 0.224 e. The van der Waals surface area contributed by atoms with Gasteiger partial charge >= 0.3 is 0 Å². The lowest BCUT2D eigenvalue weighted by Gasteiger charge is -2.11. The first-order valence-electron chi connectivity index (χ1n) is 7.96. The Balaban J connectivity index is 2.45. The summed E-state index contributed by atoms with van der Waals surface area (Å²) < 4.78 is 5.50. The molecule has 118 valence electrons. The van der Waals surface area contributed by atoms with Crippen LogP contribution in [0.2, 0.25) is 0 Å². The Hall–Kier alpha value is -1.55. The Bertz CT molecular complexity index is 433. The second kappa shape index (κ2) is 10.2. The van der Waals surface area contributed by atoms with E-state index in [4.69, 9.17) is 10.5 Å². The van der Waals surface area contributed by atoms with Crippen molar-refractivity contribution in [1.82, 2.24) is 0 Å². The normalized spacial score (nSPS) is 10.4. The van der Waals surface area contributed by atoms with Crippen LogP contribution in [0.4, 0.5) is 5.69 Å². The lowest BCUT2D eigenvalue weighted by Crippen LogP contribution is -2.12. The summed E-state index contributed by atoms with van der Waals surface area (Å²) in [4.78, 5) is 11.9. The van der Waals surface area contributed by atoms with Crippen molar-refractivity contribution in [1.29, 1.82) is 0 Å². The van der Waals surface area contributed by atoms with Gasteiger partial charge in [0.1, 0.15) is 5.75 Å². The van der Waals surface area contributed by atoms with Gasteiger partial charge in [-0.25, -0.2) is 0 Å². The number of nitrogens with two attached hydrogens (primary N) is 1. The van der Waals surface area contributed by atoms with Gasteiger partial charge in [0.2, 0.25) is 5.91 Å². The van der Waals surface area contributed by atoms with Gasteiger partial charge in [0.15, 0.2) is 0 Å². The third-order valence-electron chi connectivity index (χ3n) is 3.37. The summed E-state index contributed by atoms with van der Waals surface area (Å²) in [6.07, 6.45) is 6.34. The molecule has 0 radical (unpaired) electrons. The number of hydrogen-bond donors (Lipinski definition) is 2. The molecule has 1 rings (SSSR count). The fourth-order valence-electron chi connectivity index (χ4n) is 2.23. The highest BCUT2D eigenvalue weighted by atomic mass is 16.5. The molecule has 0 atom stereocenters. The summed E-state index contributed by atoms with van der Waals surface area (Å²) in [6.45, 7) is 5.13. The third kappa shape index (κ3) is 6.63. The van der Waals surface area contributed by atoms with Gasteiger partial charge in [-0.2, -0.15) is 0 Å². The van der Waals surface area contributed by atoms with E-state index >= 15 is 0 Å². The predicted octanol–water partition coefficient (Wildman–Crippen LogP) is 3.84. The average molecular weight is 292 g/mol. The quantitative estimate of drug-likeness (QED) is 0.644. The molecule has 0 fully saturated rings. The van der Waals surface area contributed by atoms with Gasteiger partial charge in [-0.05, 0) is 31.5 Å².